The summed E-state index contributed by atoms with van der Waals surface area (Å²) in [6.45, 7) is 0. The number of ether oxygens (including phenoxy) is 1. The average molecular weight is 251 g/mol. The van der Waals surface area contributed by atoms with Gasteiger partial charge in [-0.25, -0.2) is 4.98 Å². The van der Waals surface area contributed by atoms with Crippen LogP contribution in [0.1, 0.15) is 0 Å². The molecule has 3 aromatic rings. The normalized spacial score (nSPS) is 10.4. The Balaban J connectivity index is 2.04. The monoisotopic (exact) mass is 251 g/mol. The van der Waals surface area contributed by atoms with E-state index in [0.29, 0.717) is 0 Å². The lowest BCUT2D eigenvalue weighted by Crippen LogP contribution is -1.84. The summed E-state index contributed by atoms with van der Waals surface area (Å²) >= 11 is 0. The predicted octanol–water partition coefficient (Wildman–Crippen LogP) is 4.02. The maximum Gasteiger partial charge on any atom is 0.182 e. The first-order chi connectivity index (χ1) is 9.38. The fourth-order valence-electron chi connectivity index (χ4n) is 2.00. The van der Waals surface area contributed by atoms with Gasteiger partial charge < -0.3 is 9.15 Å². The van der Waals surface area contributed by atoms with E-state index in [1.54, 1.807) is 7.11 Å². The largest absolute Gasteiger partial charge is 0.497 e. The zero-order chi connectivity index (χ0) is 13.1. The first kappa shape index (κ1) is 11.5. The molecule has 0 N–H and O–H groups in total. The molecule has 3 nitrogen and oxygen atoms in total. The second-order valence-electron chi connectivity index (χ2n) is 4.12. The summed E-state index contributed by atoms with van der Waals surface area (Å²) in [7, 11) is 1.65. The molecule has 0 aliphatic carbocycles. The van der Waals surface area contributed by atoms with E-state index in [4.69, 9.17) is 9.15 Å². The molecule has 0 saturated heterocycles. The van der Waals surface area contributed by atoms with Crippen molar-refractivity contribution in [3.05, 3.63) is 61.0 Å². The molecular formula is C16H13NO2. The number of rotatable bonds is 3. The Labute approximate surface area is 111 Å². The molecule has 0 atom stereocenters. The average Bonchev–Trinajstić information content (AvgIpc) is 2.98. The lowest BCUT2D eigenvalue weighted by atomic mass is 10.1. The van der Waals surface area contributed by atoms with E-state index < -0.39 is 0 Å². The van der Waals surface area contributed by atoms with E-state index in [2.05, 4.69) is 4.98 Å². The van der Waals surface area contributed by atoms with Crippen LogP contribution in [0.2, 0.25) is 0 Å². The van der Waals surface area contributed by atoms with Gasteiger partial charge in [-0.1, -0.05) is 30.3 Å². The van der Waals surface area contributed by atoms with Crippen molar-refractivity contribution in [1.29, 1.82) is 0 Å². The molecule has 0 aliphatic rings. The third-order valence-electron chi connectivity index (χ3n) is 2.97. The molecule has 0 spiro atoms. The molecule has 0 radical (unpaired) electrons. The van der Waals surface area contributed by atoms with Crippen LogP contribution in [0.5, 0.6) is 5.75 Å². The zero-order valence-corrected chi connectivity index (χ0v) is 10.5. The van der Waals surface area contributed by atoms with Crippen LogP contribution in [0, 0.1) is 0 Å². The summed E-state index contributed by atoms with van der Waals surface area (Å²) in [5.74, 6) is 1.61. The summed E-state index contributed by atoms with van der Waals surface area (Å²) in [5, 5.41) is 0. The number of nitrogens with zero attached hydrogens (tertiary/aromatic N) is 1. The van der Waals surface area contributed by atoms with Gasteiger partial charge in [-0.2, -0.15) is 0 Å². The highest BCUT2D eigenvalue weighted by atomic mass is 16.5. The Kier molecular flexibility index (Phi) is 3.02. The zero-order valence-electron chi connectivity index (χ0n) is 10.5. The fourth-order valence-corrected chi connectivity index (χ4v) is 2.00. The second-order valence-corrected chi connectivity index (χ2v) is 4.12. The molecule has 0 fully saturated rings. The van der Waals surface area contributed by atoms with Crippen LogP contribution in [-0.4, -0.2) is 12.1 Å². The highest BCUT2D eigenvalue weighted by molar-refractivity contribution is 5.76. The predicted molar refractivity (Wildman–Crippen MR) is 73.9 cm³/mol. The van der Waals surface area contributed by atoms with Crippen molar-refractivity contribution < 1.29 is 9.15 Å². The van der Waals surface area contributed by atoms with Crippen molar-refractivity contribution in [2.75, 3.05) is 7.11 Å². The molecule has 0 amide bonds. The minimum atomic E-state index is 0.783. The summed E-state index contributed by atoms with van der Waals surface area (Å²) in [6.07, 6.45) is 1.47. The van der Waals surface area contributed by atoms with Crippen LogP contribution in [0.3, 0.4) is 0 Å². The van der Waals surface area contributed by atoms with Gasteiger partial charge in [0.05, 0.1) is 7.11 Å². The Morgan fingerprint density at radius 1 is 0.895 bits per heavy atom. The smallest absolute Gasteiger partial charge is 0.182 e. The topological polar surface area (TPSA) is 35.3 Å². The van der Waals surface area contributed by atoms with E-state index >= 15 is 0 Å². The van der Waals surface area contributed by atoms with E-state index in [9.17, 15) is 0 Å². The van der Waals surface area contributed by atoms with E-state index in [0.717, 1.165) is 28.3 Å². The van der Waals surface area contributed by atoms with Crippen molar-refractivity contribution in [3.8, 4) is 28.3 Å². The highest BCUT2D eigenvalue weighted by Crippen LogP contribution is 2.31. The van der Waals surface area contributed by atoms with Crippen molar-refractivity contribution in [2.45, 2.75) is 0 Å². The van der Waals surface area contributed by atoms with Gasteiger partial charge in [-0.15, -0.1) is 0 Å². The quantitative estimate of drug-likeness (QED) is 0.705. The van der Waals surface area contributed by atoms with Crippen molar-refractivity contribution in [1.82, 2.24) is 4.98 Å². The molecule has 2 aromatic carbocycles. The minimum Gasteiger partial charge on any atom is -0.497 e. The maximum atomic E-state index is 5.52. The van der Waals surface area contributed by atoms with Gasteiger partial charge in [0, 0.05) is 11.1 Å². The third kappa shape index (κ3) is 2.22. The standard InChI is InChI=1S/C16H13NO2/c1-18-14-9-7-12(8-10-14)15-16(19-11-17-15)13-5-3-2-4-6-13/h2-11H,1H3. The van der Waals surface area contributed by atoms with Crippen molar-refractivity contribution in [2.24, 2.45) is 0 Å². The van der Waals surface area contributed by atoms with Crippen molar-refractivity contribution in [3.63, 3.8) is 0 Å². The lowest BCUT2D eigenvalue weighted by molar-refractivity contribution is 0.415. The lowest BCUT2D eigenvalue weighted by Gasteiger charge is -2.03. The number of oxazole rings is 1. The van der Waals surface area contributed by atoms with Crippen LogP contribution in [0.25, 0.3) is 22.6 Å². The van der Waals surface area contributed by atoms with Gasteiger partial charge in [-0.05, 0) is 24.3 Å². The molecule has 1 heterocycles. The summed E-state index contributed by atoms with van der Waals surface area (Å²) in [5.41, 5.74) is 2.87. The van der Waals surface area contributed by atoms with Gasteiger partial charge >= 0.3 is 0 Å². The molecule has 3 rings (SSSR count). The molecule has 0 saturated carbocycles. The molecule has 94 valence electrons. The third-order valence-corrected chi connectivity index (χ3v) is 2.97. The number of aromatic nitrogens is 1. The molecule has 19 heavy (non-hydrogen) atoms. The SMILES string of the molecule is COc1ccc(-c2ncoc2-c2ccccc2)cc1. The Hall–Kier alpha value is -2.55. The van der Waals surface area contributed by atoms with Gasteiger partial charge in [-0.3, -0.25) is 0 Å². The summed E-state index contributed by atoms with van der Waals surface area (Å²) < 4.78 is 10.7. The van der Waals surface area contributed by atoms with Gasteiger partial charge in [0.1, 0.15) is 11.4 Å². The number of benzene rings is 2. The van der Waals surface area contributed by atoms with Gasteiger partial charge in [0.15, 0.2) is 12.2 Å². The summed E-state index contributed by atoms with van der Waals surface area (Å²) in [4.78, 5) is 4.31. The second kappa shape index (κ2) is 4.98. The van der Waals surface area contributed by atoms with Crippen LogP contribution < -0.4 is 4.74 Å². The van der Waals surface area contributed by atoms with Crippen LogP contribution in [0.4, 0.5) is 0 Å². The van der Waals surface area contributed by atoms with Crippen LogP contribution in [0.15, 0.2) is 65.4 Å². The minimum absolute atomic E-state index is 0.783. The number of methoxy groups -OCH3 is 1. The molecule has 0 unspecified atom stereocenters. The fraction of sp³-hybridized carbons (Fsp3) is 0.0625. The Morgan fingerprint density at radius 2 is 1.63 bits per heavy atom. The molecule has 0 bridgehead atoms. The van der Waals surface area contributed by atoms with E-state index in [1.807, 2.05) is 54.6 Å². The van der Waals surface area contributed by atoms with Crippen molar-refractivity contribution >= 4 is 0 Å². The number of hydrogen-bond acceptors (Lipinski definition) is 3. The summed E-state index contributed by atoms with van der Waals surface area (Å²) in [6, 6.07) is 17.7. The van der Waals surface area contributed by atoms with E-state index in [-0.39, 0.29) is 0 Å². The number of hydrogen-bond donors (Lipinski definition) is 0. The van der Waals surface area contributed by atoms with Crippen LogP contribution in [-0.2, 0) is 0 Å². The first-order valence-corrected chi connectivity index (χ1v) is 6.02. The molecule has 3 heteroatoms. The van der Waals surface area contributed by atoms with Gasteiger partial charge in [0.2, 0.25) is 0 Å². The Morgan fingerprint density at radius 3 is 2.32 bits per heavy atom. The molecular weight excluding hydrogens is 238 g/mol. The first-order valence-electron chi connectivity index (χ1n) is 6.02. The molecule has 0 aliphatic heterocycles. The maximum absolute atomic E-state index is 5.52. The van der Waals surface area contributed by atoms with Gasteiger partial charge in [0.25, 0.3) is 0 Å². The molecule has 1 aromatic heterocycles. The van der Waals surface area contributed by atoms with Crippen LogP contribution >= 0.6 is 0 Å². The Bertz CT molecular complexity index is 657. The van der Waals surface area contributed by atoms with E-state index in [1.165, 1.54) is 6.39 Å². The highest BCUT2D eigenvalue weighted by Gasteiger charge is 2.12.